The van der Waals surface area contributed by atoms with Gasteiger partial charge in [0.15, 0.2) is 0 Å². The fourth-order valence-electron chi connectivity index (χ4n) is 1.33. The zero-order chi connectivity index (χ0) is 10.8. The molecule has 7 heteroatoms. The van der Waals surface area contributed by atoms with Crippen molar-refractivity contribution in [2.45, 2.75) is 17.8 Å². The van der Waals surface area contributed by atoms with Crippen molar-refractivity contribution in [1.29, 1.82) is 0 Å². The number of aromatic nitrogens is 2. The predicted molar refractivity (Wildman–Crippen MR) is 59.4 cm³/mol. The standard InChI is InChI=1S/C8H10BrN3O2S/c1-4-7(15-12-11-4)8(13)10-6-3-14-2-5(6)9/h5-6H,2-3H2,1H3,(H,10,13). The van der Waals surface area contributed by atoms with Crippen molar-refractivity contribution >= 4 is 33.4 Å². The molecule has 1 fully saturated rings. The first kappa shape index (κ1) is 11.0. The summed E-state index contributed by atoms with van der Waals surface area (Å²) in [5.41, 5.74) is 0.669. The van der Waals surface area contributed by atoms with Gasteiger partial charge in [-0.25, -0.2) is 0 Å². The maximum atomic E-state index is 11.8. The monoisotopic (exact) mass is 291 g/mol. The van der Waals surface area contributed by atoms with E-state index in [1.165, 1.54) is 0 Å². The lowest BCUT2D eigenvalue weighted by Crippen LogP contribution is -2.40. The third-order valence-electron chi connectivity index (χ3n) is 2.19. The Bertz CT molecular complexity index is 371. The second kappa shape index (κ2) is 4.54. The van der Waals surface area contributed by atoms with Crippen LogP contribution < -0.4 is 5.32 Å². The Morgan fingerprint density at radius 3 is 3.00 bits per heavy atom. The molecule has 2 rings (SSSR count). The van der Waals surface area contributed by atoms with Gasteiger partial charge < -0.3 is 10.1 Å². The molecule has 0 bridgehead atoms. The van der Waals surface area contributed by atoms with E-state index in [2.05, 4.69) is 30.8 Å². The van der Waals surface area contributed by atoms with E-state index in [0.29, 0.717) is 23.8 Å². The molecule has 15 heavy (non-hydrogen) atoms. The quantitative estimate of drug-likeness (QED) is 0.817. The molecule has 2 unspecified atom stereocenters. The summed E-state index contributed by atoms with van der Waals surface area (Å²) in [6.45, 7) is 2.95. The van der Waals surface area contributed by atoms with Gasteiger partial charge in [-0.15, -0.1) is 5.10 Å². The van der Waals surface area contributed by atoms with Gasteiger partial charge in [-0.05, 0) is 18.5 Å². The van der Waals surface area contributed by atoms with E-state index in [9.17, 15) is 4.79 Å². The average molecular weight is 292 g/mol. The van der Waals surface area contributed by atoms with Gasteiger partial charge in [0.25, 0.3) is 5.91 Å². The van der Waals surface area contributed by atoms with Crippen molar-refractivity contribution in [3.05, 3.63) is 10.6 Å². The minimum absolute atomic E-state index is 0.0269. The van der Waals surface area contributed by atoms with Crippen molar-refractivity contribution in [1.82, 2.24) is 14.9 Å². The van der Waals surface area contributed by atoms with Gasteiger partial charge in [0.2, 0.25) is 0 Å². The van der Waals surface area contributed by atoms with Crippen LogP contribution in [0.4, 0.5) is 0 Å². The molecule has 1 N–H and O–H groups in total. The Kier molecular flexibility index (Phi) is 3.32. The molecule has 1 aliphatic rings. The maximum absolute atomic E-state index is 11.8. The third-order valence-corrected chi connectivity index (χ3v) is 3.91. The molecule has 1 aromatic heterocycles. The Morgan fingerprint density at radius 2 is 2.47 bits per heavy atom. The third kappa shape index (κ3) is 2.35. The molecule has 2 heterocycles. The topological polar surface area (TPSA) is 64.1 Å². The molecule has 1 aromatic rings. The van der Waals surface area contributed by atoms with Gasteiger partial charge >= 0.3 is 0 Å². The summed E-state index contributed by atoms with van der Waals surface area (Å²) in [6, 6.07) is 0.0269. The normalized spacial score (nSPS) is 25.5. The summed E-state index contributed by atoms with van der Waals surface area (Å²) < 4.78 is 8.95. The van der Waals surface area contributed by atoms with Crippen LogP contribution in [0.3, 0.4) is 0 Å². The SMILES string of the molecule is Cc1nnsc1C(=O)NC1COCC1Br. The Hall–Kier alpha value is -0.530. The van der Waals surface area contributed by atoms with E-state index < -0.39 is 0 Å². The van der Waals surface area contributed by atoms with E-state index in [0.717, 1.165) is 11.5 Å². The predicted octanol–water partition coefficient (Wildman–Crippen LogP) is 0.739. The fraction of sp³-hybridized carbons (Fsp3) is 0.625. The zero-order valence-corrected chi connectivity index (χ0v) is 10.5. The molecule has 0 radical (unpaired) electrons. The molecule has 2 atom stereocenters. The lowest BCUT2D eigenvalue weighted by Gasteiger charge is -2.13. The summed E-state index contributed by atoms with van der Waals surface area (Å²) >= 11 is 4.56. The van der Waals surface area contributed by atoms with Crippen LogP contribution in [0.5, 0.6) is 0 Å². The zero-order valence-electron chi connectivity index (χ0n) is 8.07. The maximum Gasteiger partial charge on any atom is 0.265 e. The number of alkyl halides is 1. The van der Waals surface area contributed by atoms with E-state index >= 15 is 0 Å². The Labute approximate surface area is 99.5 Å². The molecule has 0 spiro atoms. The van der Waals surface area contributed by atoms with Crippen LogP contribution >= 0.6 is 27.5 Å². The molecular formula is C8H10BrN3O2S. The second-order valence-corrected chi connectivity index (χ2v) is 5.25. The first-order valence-corrected chi connectivity index (χ1v) is 6.19. The summed E-state index contributed by atoms with van der Waals surface area (Å²) in [5.74, 6) is -0.123. The van der Waals surface area contributed by atoms with Crippen LogP contribution in [-0.2, 0) is 4.74 Å². The number of hydrogen-bond donors (Lipinski definition) is 1. The minimum Gasteiger partial charge on any atom is -0.378 e. The van der Waals surface area contributed by atoms with Crippen LogP contribution in [0.15, 0.2) is 0 Å². The molecule has 0 aliphatic carbocycles. The average Bonchev–Trinajstić information content (AvgIpc) is 2.76. The van der Waals surface area contributed by atoms with Crippen molar-refractivity contribution < 1.29 is 9.53 Å². The van der Waals surface area contributed by atoms with Crippen LogP contribution in [0.2, 0.25) is 0 Å². The first-order valence-electron chi connectivity index (χ1n) is 4.50. The lowest BCUT2D eigenvalue weighted by atomic mass is 10.2. The highest BCUT2D eigenvalue weighted by Gasteiger charge is 2.28. The van der Waals surface area contributed by atoms with Gasteiger partial charge in [-0.1, -0.05) is 20.4 Å². The number of hydrogen-bond acceptors (Lipinski definition) is 5. The van der Waals surface area contributed by atoms with Crippen LogP contribution in [-0.4, -0.2) is 39.6 Å². The molecule has 0 saturated carbocycles. The minimum atomic E-state index is -0.123. The van der Waals surface area contributed by atoms with Gasteiger partial charge in [0, 0.05) is 0 Å². The molecule has 5 nitrogen and oxygen atoms in total. The number of nitrogens with zero attached hydrogens (tertiary/aromatic N) is 2. The van der Waals surface area contributed by atoms with E-state index in [-0.39, 0.29) is 16.8 Å². The smallest absolute Gasteiger partial charge is 0.265 e. The van der Waals surface area contributed by atoms with Crippen molar-refractivity contribution in [3.8, 4) is 0 Å². The van der Waals surface area contributed by atoms with Gasteiger partial charge in [0.05, 0.1) is 29.8 Å². The molecule has 1 saturated heterocycles. The number of halogens is 1. The molecular weight excluding hydrogens is 282 g/mol. The lowest BCUT2D eigenvalue weighted by molar-refractivity contribution is 0.0933. The summed E-state index contributed by atoms with van der Waals surface area (Å²) in [7, 11) is 0. The summed E-state index contributed by atoms with van der Waals surface area (Å²) in [5, 5.41) is 6.69. The second-order valence-electron chi connectivity index (χ2n) is 3.32. The fourth-order valence-corrected chi connectivity index (χ4v) is 2.37. The highest BCUT2D eigenvalue weighted by molar-refractivity contribution is 9.09. The number of amides is 1. The number of nitrogens with one attached hydrogen (secondary N) is 1. The summed E-state index contributed by atoms with van der Waals surface area (Å²) in [6.07, 6.45) is 0. The van der Waals surface area contributed by atoms with Crippen molar-refractivity contribution in [3.63, 3.8) is 0 Å². The molecule has 1 aliphatic heterocycles. The van der Waals surface area contributed by atoms with Crippen LogP contribution in [0, 0.1) is 6.92 Å². The van der Waals surface area contributed by atoms with Crippen LogP contribution in [0.1, 0.15) is 15.4 Å². The summed E-state index contributed by atoms with van der Waals surface area (Å²) in [4.78, 5) is 12.5. The largest absolute Gasteiger partial charge is 0.378 e. The number of aryl methyl sites for hydroxylation is 1. The molecule has 82 valence electrons. The Balaban J connectivity index is 2.01. The molecule has 1 amide bonds. The van der Waals surface area contributed by atoms with E-state index in [1.54, 1.807) is 6.92 Å². The first-order chi connectivity index (χ1) is 7.18. The van der Waals surface area contributed by atoms with Gasteiger partial charge in [-0.3, -0.25) is 4.79 Å². The van der Waals surface area contributed by atoms with E-state index in [1.807, 2.05) is 0 Å². The molecule has 0 aromatic carbocycles. The number of ether oxygens (including phenoxy) is 1. The Morgan fingerprint density at radius 1 is 1.67 bits per heavy atom. The number of carbonyl (C=O) groups excluding carboxylic acids is 1. The van der Waals surface area contributed by atoms with Gasteiger partial charge in [-0.2, -0.15) is 0 Å². The highest BCUT2D eigenvalue weighted by Crippen LogP contribution is 2.16. The number of carbonyl (C=O) groups is 1. The van der Waals surface area contributed by atoms with Gasteiger partial charge in [0.1, 0.15) is 4.88 Å². The van der Waals surface area contributed by atoms with E-state index in [4.69, 9.17) is 4.74 Å². The number of rotatable bonds is 2. The van der Waals surface area contributed by atoms with Crippen molar-refractivity contribution in [2.75, 3.05) is 13.2 Å². The highest BCUT2D eigenvalue weighted by atomic mass is 79.9. The van der Waals surface area contributed by atoms with Crippen molar-refractivity contribution in [2.24, 2.45) is 0 Å². The van der Waals surface area contributed by atoms with Crippen LogP contribution in [0.25, 0.3) is 0 Å².